The molecule has 1 N–H and O–H groups in total. The predicted molar refractivity (Wildman–Crippen MR) is 73.2 cm³/mol. The van der Waals surface area contributed by atoms with Crippen LogP contribution < -0.4 is 5.32 Å². The van der Waals surface area contributed by atoms with E-state index in [0.717, 1.165) is 19.6 Å². The highest BCUT2D eigenvalue weighted by Gasteiger charge is 2.21. The largest absolute Gasteiger partial charge is 0.356 e. The van der Waals surface area contributed by atoms with Crippen molar-refractivity contribution in [2.45, 2.75) is 20.8 Å². The monoisotopic (exact) mass is 255 g/mol. The van der Waals surface area contributed by atoms with Gasteiger partial charge in [0.1, 0.15) is 0 Å². The predicted octanol–water partition coefficient (Wildman–Crippen LogP) is 0.479. The van der Waals surface area contributed by atoms with Crippen molar-refractivity contribution in [3.8, 4) is 0 Å². The molecule has 0 aromatic carbocycles. The SMILES string of the molecule is CC.CCN1CCN(C/C=C/C(=O)NC)C(=O)C1. The third kappa shape index (κ3) is 5.82. The molecule has 18 heavy (non-hydrogen) atoms. The summed E-state index contributed by atoms with van der Waals surface area (Å²) in [6.45, 7) is 9.62. The van der Waals surface area contributed by atoms with Crippen molar-refractivity contribution < 1.29 is 9.59 Å². The van der Waals surface area contributed by atoms with E-state index in [-0.39, 0.29) is 11.8 Å². The van der Waals surface area contributed by atoms with E-state index < -0.39 is 0 Å². The molecule has 1 fully saturated rings. The summed E-state index contributed by atoms with van der Waals surface area (Å²) in [5, 5.41) is 2.49. The molecule has 0 bridgehead atoms. The molecule has 0 aromatic heterocycles. The van der Waals surface area contributed by atoms with Gasteiger partial charge in [0.2, 0.25) is 11.8 Å². The molecule has 5 heteroatoms. The highest BCUT2D eigenvalue weighted by Crippen LogP contribution is 2.02. The van der Waals surface area contributed by atoms with E-state index in [4.69, 9.17) is 0 Å². The van der Waals surface area contributed by atoms with Crippen LogP contribution in [0.4, 0.5) is 0 Å². The van der Waals surface area contributed by atoms with Gasteiger partial charge in [-0.2, -0.15) is 0 Å². The second-order valence-electron chi connectivity index (χ2n) is 3.73. The number of carbonyl (C=O) groups excluding carboxylic acids is 2. The smallest absolute Gasteiger partial charge is 0.243 e. The Bertz CT molecular complexity index is 290. The van der Waals surface area contributed by atoms with Crippen molar-refractivity contribution in [1.82, 2.24) is 15.1 Å². The van der Waals surface area contributed by atoms with Crippen LogP contribution in [-0.2, 0) is 9.59 Å². The van der Waals surface area contributed by atoms with Gasteiger partial charge in [0.25, 0.3) is 0 Å². The highest BCUT2D eigenvalue weighted by molar-refractivity contribution is 5.87. The van der Waals surface area contributed by atoms with Gasteiger partial charge in [-0.25, -0.2) is 0 Å². The molecule has 1 rings (SSSR count). The van der Waals surface area contributed by atoms with Gasteiger partial charge in [-0.1, -0.05) is 26.8 Å². The summed E-state index contributed by atoms with van der Waals surface area (Å²) in [6, 6.07) is 0. The summed E-state index contributed by atoms with van der Waals surface area (Å²) < 4.78 is 0. The Morgan fingerprint density at radius 2 is 2.06 bits per heavy atom. The molecule has 0 saturated carbocycles. The summed E-state index contributed by atoms with van der Waals surface area (Å²) in [7, 11) is 1.58. The lowest BCUT2D eigenvalue weighted by Gasteiger charge is -2.32. The molecule has 1 aliphatic heterocycles. The van der Waals surface area contributed by atoms with Gasteiger partial charge < -0.3 is 10.2 Å². The second kappa shape index (κ2) is 9.65. The standard InChI is InChI=1S/C11H19N3O2.C2H6/c1-3-13-7-8-14(11(16)9-13)6-4-5-10(15)12-2;1-2/h4-5H,3,6-9H2,1-2H3,(H,12,15);1-2H3/b5-4+;. The van der Waals surface area contributed by atoms with Gasteiger partial charge in [-0.05, 0) is 6.54 Å². The van der Waals surface area contributed by atoms with Crippen molar-refractivity contribution in [1.29, 1.82) is 0 Å². The first-order valence-electron chi connectivity index (χ1n) is 6.55. The summed E-state index contributed by atoms with van der Waals surface area (Å²) >= 11 is 0. The van der Waals surface area contributed by atoms with E-state index in [2.05, 4.69) is 17.1 Å². The van der Waals surface area contributed by atoms with Crippen molar-refractivity contribution in [3.63, 3.8) is 0 Å². The summed E-state index contributed by atoms with van der Waals surface area (Å²) in [5.74, 6) is -0.00528. The minimum atomic E-state index is -0.139. The third-order valence-corrected chi connectivity index (χ3v) is 2.69. The number of carbonyl (C=O) groups is 2. The lowest BCUT2D eigenvalue weighted by Crippen LogP contribution is -2.50. The number of likely N-dealkylation sites (N-methyl/N-ethyl adjacent to an activating group) is 2. The molecule has 104 valence electrons. The fraction of sp³-hybridized carbons (Fsp3) is 0.692. The maximum absolute atomic E-state index is 11.7. The van der Waals surface area contributed by atoms with Gasteiger partial charge in [-0.15, -0.1) is 0 Å². The Balaban J connectivity index is 0.00000137. The zero-order valence-electron chi connectivity index (χ0n) is 11.9. The fourth-order valence-corrected chi connectivity index (χ4v) is 1.59. The molecule has 5 nitrogen and oxygen atoms in total. The molecule has 2 amide bonds. The zero-order chi connectivity index (χ0) is 14.0. The van der Waals surface area contributed by atoms with Crippen LogP contribution in [0.25, 0.3) is 0 Å². The lowest BCUT2D eigenvalue weighted by molar-refractivity contribution is -0.135. The molecule has 1 saturated heterocycles. The van der Waals surface area contributed by atoms with Gasteiger partial charge in [0.05, 0.1) is 6.54 Å². The van der Waals surface area contributed by atoms with E-state index in [1.165, 1.54) is 6.08 Å². The fourth-order valence-electron chi connectivity index (χ4n) is 1.59. The van der Waals surface area contributed by atoms with E-state index in [9.17, 15) is 9.59 Å². The van der Waals surface area contributed by atoms with Gasteiger partial charge in [0, 0.05) is 32.8 Å². The first-order chi connectivity index (χ1) is 8.67. The Kier molecular flexibility index (Phi) is 8.92. The number of nitrogens with zero attached hydrogens (tertiary/aromatic N) is 2. The average Bonchev–Trinajstić information content (AvgIpc) is 2.42. The van der Waals surface area contributed by atoms with Gasteiger partial charge in [0.15, 0.2) is 0 Å². The first-order valence-corrected chi connectivity index (χ1v) is 6.55. The summed E-state index contributed by atoms with van der Waals surface area (Å²) in [5.41, 5.74) is 0. The van der Waals surface area contributed by atoms with E-state index >= 15 is 0 Å². The van der Waals surface area contributed by atoms with Crippen LogP contribution in [0.1, 0.15) is 20.8 Å². The zero-order valence-corrected chi connectivity index (χ0v) is 11.9. The molecule has 0 unspecified atom stereocenters. The Morgan fingerprint density at radius 1 is 1.39 bits per heavy atom. The number of hydrogen-bond acceptors (Lipinski definition) is 3. The molecule has 0 spiro atoms. The Morgan fingerprint density at radius 3 is 2.56 bits per heavy atom. The lowest BCUT2D eigenvalue weighted by atomic mass is 10.3. The highest BCUT2D eigenvalue weighted by atomic mass is 16.2. The molecule has 1 heterocycles. The normalized spacial score (nSPS) is 16.4. The molecule has 0 aromatic rings. The molecule has 0 radical (unpaired) electrons. The number of piperazine rings is 1. The number of nitrogens with one attached hydrogen (secondary N) is 1. The first kappa shape index (κ1) is 16.6. The maximum atomic E-state index is 11.7. The number of amides is 2. The van der Waals surface area contributed by atoms with Crippen LogP contribution in [0.15, 0.2) is 12.2 Å². The van der Waals surface area contributed by atoms with Crippen LogP contribution in [0.3, 0.4) is 0 Å². The van der Waals surface area contributed by atoms with E-state index in [0.29, 0.717) is 13.1 Å². The topological polar surface area (TPSA) is 52.6 Å². The van der Waals surface area contributed by atoms with Crippen molar-refractivity contribution in [2.75, 3.05) is 39.8 Å². The molecule has 1 aliphatic rings. The molecular formula is C13H25N3O2. The van der Waals surface area contributed by atoms with Gasteiger partial charge in [-0.3, -0.25) is 14.5 Å². The van der Waals surface area contributed by atoms with Crippen LogP contribution >= 0.6 is 0 Å². The average molecular weight is 255 g/mol. The van der Waals surface area contributed by atoms with Crippen molar-refractivity contribution in [3.05, 3.63) is 12.2 Å². The van der Waals surface area contributed by atoms with Crippen LogP contribution in [0.5, 0.6) is 0 Å². The van der Waals surface area contributed by atoms with E-state index in [1.807, 2.05) is 13.8 Å². The van der Waals surface area contributed by atoms with Crippen LogP contribution in [-0.4, -0.2) is 61.4 Å². The molecule has 0 atom stereocenters. The quantitative estimate of drug-likeness (QED) is 0.743. The minimum absolute atomic E-state index is 0.134. The number of hydrogen-bond donors (Lipinski definition) is 1. The number of rotatable bonds is 4. The van der Waals surface area contributed by atoms with Gasteiger partial charge >= 0.3 is 0 Å². The van der Waals surface area contributed by atoms with Crippen LogP contribution in [0.2, 0.25) is 0 Å². The second-order valence-corrected chi connectivity index (χ2v) is 3.73. The molecular weight excluding hydrogens is 230 g/mol. The van der Waals surface area contributed by atoms with Crippen molar-refractivity contribution in [2.24, 2.45) is 0 Å². The van der Waals surface area contributed by atoms with E-state index in [1.54, 1.807) is 18.0 Å². The Hall–Kier alpha value is -1.36. The minimum Gasteiger partial charge on any atom is -0.356 e. The Labute approximate surface area is 110 Å². The molecule has 0 aliphatic carbocycles. The third-order valence-electron chi connectivity index (χ3n) is 2.69. The van der Waals surface area contributed by atoms with Crippen molar-refractivity contribution >= 4 is 11.8 Å². The summed E-state index contributed by atoms with van der Waals surface area (Å²) in [4.78, 5) is 26.5. The summed E-state index contributed by atoms with van der Waals surface area (Å²) in [6.07, 6.45) is 3.18. The van der Waals surface area contributed by atoms with Crippen LogP contribution in [0, 0.1) is 0 Å². The maximum Gasteiger partial charge on any atom is 0.243 e.